The van der Waals surface area contributed by atoms with E-state index in [0.717, 1.165) is 19.7 Å². The molecule has 28 heavy (non-hydrogen) atoms. The molecule has 0 spiro atoms. The number of hydrogen-bond acceptors (Lipinski definition) is 4. The second kappa shape index (κ2) is 7.39. The Hall–Kier alpha value is -3.27. The standard InChI is InChI=1S/C23H18O4S/c1-26-19-12-11-16(13-15(19)14-22(24)27-2)28-20-9-5-3-7-17(20)23(25)18-8-4-6-10-21(18)28/h3-7,9-13H,14H2,1-2H3/q+2. The van der Waals surface area contributed by atoms with E-state index in [-0.39, 0.29) is 17.8 Å². The fourth-order valence-corrected chi connectivity index (χ4v) is 5.73. The van der Waals surface area contributed by atoms with Crippen LogP contribution in [0.15, 0.2) is 59.4 Å². The number of carbonyl (C=O) groups excluding carboxylic acids is 1. The van der Waals surface area contributed by atoms with E-state index in [1.54, 1.807) is 13.2 Å². The van der Waals surface area contributed by atoms with E-state index in [0.29, 0.717) is 16.4 Å². The molecule has 2 aromatic carbocycles. The van der Waals surface area contributed by atoms with Crippen molar-refractivity contribution in [2.24, 2.45) is 0 Å². The van der Waals surface area contributed by atoms with Gasteiger partial charge in [-0.2, -0.15) is 0 Å². The van der Waals surface area contributed by atoms with Gasteiger partial charge in [0, 0.05) is 35.9 Å². The van der Waals surface area contributed by atoms with Crippen LogP contribution < -0.4 is 19.9 Å². The van der Waals surface area contributed by atoms with Crippen molar-refractivity contribution in [2.75, 3.05) is 14.2 Å². The van der Waals surface area contributed by atoms with E-state index in [4.69, 9.17) is 9.47 Å². The number of ether oxygens (including phenoxy) is 2. The van der Waals surface area contributed by atoms with Gasteiger partial charge in [-0.15, -0.1) is 0 Å². The summed E-state index contributed by atoms with van der Waals surface area (Å²) < 4.78 is 12.2. The molecule has 3 aromatic rings. The van der Waals surface area contributed by atoms with Gasteiger partial charge in [-0.3, -0.25) is 4.79 Å². The Morgan fingerprint density at radius 2 is 1.96 bits per heavy atom. The summed E-state index contributed by atoms with van der Waals surface area (Å²) >= 11 is 0. The second-order valence-electron chi connectivity index (χ2n) is 6.27. The molecule has 1 atom stereocenters. The minimum Gasteiger partial charge on any atom is -0.496 e. The van der Waals surface area contributed by atoms with Crippen molar-refractivity contribution < 1.29 is 14.3 Å². The molecule has 0 radical (unpaired) electrons. The molecule has 1 aliphatic carbocycles. The van der Waals surface area contributed by atoms with E-state index in [2.05, 4.69) is 6.08 Å². The third kappa shape index (κ3) is 3.01. The smallest absolute Gasteiger partial charge is 0.310 e. The third-order valence-corrected chi connectivity index (χ3v) is 6.97. The van der Waals surface area contributed by atoms with Crippen LogP contribution in [0, 0.1) is 0 Å². The molecule has 1 aromatic heterocycles. The van der Waals surface area contributed by atoms with Crippen LogP contribution in [0.2, 0.25) is 0 Å². The van der Waals surface area contributed by atoms with Gasteiger partial charge < -0.3 is 9.47 Å². The number of fused-ring (bicyclic) bond motifs is 2. The molecule has 4 nitrogen and oxygen atoms in total. The molecule has 0 N–H and O–H groups in total. The zero-order valence-electron chi connectivity index (χ0n) is 15.5. The Bertz CT molecular complexity index is 1300. The van der Waals surface area contributed by atoms with Gasteiger partial charge in [0.25, 0.3) is 15.2 Å². The Kier molecular flexibility index (Phi) is 4.78. The first kappa shape index (κ1) is 18.1. The summed E-state index contributed by atoms with van der Waals surface area (Å²) in [6.45, 7) is 0. The minimum absolute atomic E-state index is 0.00162. The van der Waals surface area contributed by atoms with Crippen molar-refractivity contribution in [1.82, 2.24) is 0 Å². The lowest BCUT2D eigenvalue weighted by molar-refractivity contribution is -0.139. The Morgan fingerprint density at radius 3 is 2.75 bits per heavy atom. The average Bonchev–Trinajstić information content (AvgIpc) is 2.74. The molecule has 1 unspecified atom stereocenters. The maximum Gasteiger partial charge on any atom is 0.310 e. The molecule has 1 aliphatic rings. The molecule has 0 saturated heterocycles. The van der Waals surface area contributed by atoms with Gasteiger partial charge in [0.1, 0.15) is 11.1 Å². The summed E-state index contributed by atoms with van der Waals surface area (Å²) in [6, 6.07) is 13.5. The van der Waals surface area contributed by atoms with Crippen molar-refractivity contribution in [1.29, 1.82) is 0 Å². The molecule has 4 rings (SSSR count). The molecule has 0 fully saturated rings. The van der Waals surface area contributed by atoms with Crippen molar-refractivity contribution in [3.05, 3.63) is 80.2 Å². The SMILES string of the molecule is COC(=O)Cc1cc(-[s+]2c3c(c(=O)c4ccccc42)=[C+]C=CC=3)ccc1OC. The Labute approximate surface area is 164 Å². The third-order valence-electron chi connectivity index (χ3n) is 4.67. The van der Waals surface area contributed by atoms with Gasteiger partial charge >= 0.3 is 5.97 Å². The van der Waals surface area contributed by atoms with Crippen molar-refractivity contribution in [3.8, 4) is 10.6 Å². The Morgan fingerprint density at radius 1 is 1.14 bits per heavy atom. The van der Waals surface area contributed by atoms with Gasteiger partial charge in [-0.05, 0) is 12.1 Å². The molecule has 0 bridgehead atoms. The number of hydrogen-bond donors (Lipinski definition) is 0. The predicted molar refractivity (Wildman–Crippen MR) is 113 cm³/mol. The van der Waals surface area contributed by atoms with E-state index in [1.165, 1.54) is 7.11 Å². The molecule has 0 saturated carbocycles. The summed E-state index contributed by atoms with van der Waals surface area (Å²) in [5, 5.41) is 1.31. The summed E-state index contributed by atoms with van der Waals surface area (Å²) in [4.78, 5) is 25.8. The molecule has 5 heteroatoms. The first-order valence-electron chi connectivity index (χ1n) is 8.76. The van der Waals surface area contributed by atoms with Crippen LogP contribution in [0.4, 0.5) is 0 Å². The van der Waals surface area contributed by atoms with Gasteiger partial charge in [-0.25, -0.2) is 4.79 Å². The van der Waals surface area contributed by atoms with Crippen LogP contribution in [0.1, 0.15) is 5.56 Å². The van der Waals surface area contributed by atoms with Crippen LogP contribution >= 0.6 is 10.5 Å². The predicted octanol–water partition coefficient (Wildman–Crippen LogP) is 2.67. The molecular weight excluding hydrogens is 372 g/mol. The number of esters is 1. The molecule has 0 aliphatic heterocycles. The van der Waals surface area contributed by atoms with Crippen LogP contribution in [0.5, 0.6) is 5.75 Å². The lowest BCUT2D eigenvalue weighted by Crippen LogP contribution is -2.39. The number of allylic oxidation sites excluding steroid dienone is 2. The quantitative estimate of drug-likeness (QED) is 0.391. The van der Waals surface area contributed by atoms with E-state index < -0.39 is 10.5 Å². The fourth-order valence-electron chi connectivity index (χ4n) is 3.36. The molecule has 0 amide bonds. The zero-order valence-corrected chi connectivity index (χ0v) is 16.3. The number of benzene rings is 2. The number of rotatable bonds is 4. The largest absolute Gasteiger partial charge is 0.496 e. The van der Waals surface area contributed by atoms with Crippen LogP contribution in [-0.4, -0.2) is 20.2 Å². The lowest BCUT2D eigenvalue weighted by atomic mass is 10.1. The molecule has 1 heterocycles. The number of methoxy groups -OCH3 is 2. The normalized spacial score (nSPS) is 12.4. The van der Waals surface area contributed by atoms with E-state index in [1.807, 2.05) is 54.6 Å². The lowest BCUT2D eigenvalue weighted by Gasteiger charge is -2.07. The highest BCUT2D eigenvalue weighted by Gasteiger charge is 2.27. The zero-order chi connectivity index (χ0) is 19.7. The average molecular weight is 390 g/mol. The topological polar surface area (TPSA) is 52.6 Å². The van der Waals surface area contributed by atoms with Gasteiger partial charge in [0.05, 0.1) is 43.3 Å². The van der Waals surface area contributed by atoms with Crippen LogP contribution in [0.3, 0.4) is 0 Å². The summed E-state index contributed by atoms with van der Waals surface area (Å²) in [6.07, 6.45) is 8.89. The summed E-state index contributed by atoms with van der Waals surface area (Å²) in [7, 11) is 2.48. The maximum atomic E-state index is 12.9. The first-order chi connectivity index (χ1) is 13.6. The summed E-state index contributed by atoms with van der Waals surface area (Å²) in [5.74, 6) is 0.311. The molecule has 138 valence electrons. The molecular formula is C23H18O4S+2. The fraction of sp³-hybridized carbons (Fsp3) is 0.130. The van der Waals surface area contributed by atoms with Crippen molar-refractivity contribution >= 4 is 38.7 Å². The van der Waals surface area contributed by atoms with Gasteiger partial charge in [-0.1, -0.05) is 12.1 Å². The monoisotopic (exact) mass is 390 g/mol. The van der Waals surface area contributed by atoms with Gasteiger partial charge in [0.2, 0.25) is 4.70 Å². The summed E-state index contributed by atoms with van der Waals surface area (Å²) in [5.41, 5.74) is 0.758. The minimum atomic E-state index is -0.476. The van der Waals surface area contributed by atoms with Crippen LogP contribution in [0.25, 0.3) is 27.1 Å². The van der Waals surface area contributed by atoms with Crippen LogP contribution in [-0.2, 0) is 16.0 Å². The van der Waals surface area contributed by atoms with E-state index in [9.17, 15) is 9.59 Å². The Balaban J connectivity index is 2.06. The number of carbonyl (C=O) groups is 1. The van der Waals surface area contributed by atoms with Crippen molar-refractivity contribution in [2.45, 2.75) is 6.42 Å². The first-order valence-corrected chi connectivity index (χ1v) is 9.99. The van der Waals surface area contributed by atoms with Gasteiger partial charge in [0.15, 0.2) is 4.90 Å². The van der Waals surface area contributed by atoms with Crippen molar-refractivity contribution in [3.63, 3.8) is 0 Å². The highest BCUT2D eigenvalue weighted by Crippen LogP contribution is 2.35. The second-order valence-corrected chi connectivity index (χ2v) is 8.23. The van der Waals surface area contributed by atoms with E-state index >= 15 is 0 Å². The highest BCUT2D eigenvalue weighted by atomic mass is 32.2. The maximum absolute atomic E-state index is 12.9. The highest BCUT2D eigenvalue weighted by molar-refractivity contribution is 7.43.